The number of carbonyl (C=O) groups excluding carboxylic acids is 1. The highest BCUT2D eigenvalue weighted by Gasteiger charge is 2.33. The molecule has 7 heteroatoms. The molecule has 0 spiro atoms. The minimum atomic E-state index is -3.71. The number of rotatable bonds is 4. The van der Waals surface area contributed by atoms with Crippen molar-refractivity contribution in [3.05, 3.63) is 24.3 Å². The molecule has 0 radical (unpaired) electrons. The molecule has 1 heterocycles. The molecule has 1 aliphatic heterocycles. The number of nitrogens with one attached hydrogen (secondary N) is 1. The third-order valence-corrected chi connectivity index (χ3v) is 6.10. The predicted molar refractivity (Wildman–Crippen MR) is 93.0 cm³/mol. The average Bonchev–Trinajstić information content (AvgIpc) is 2.55. The van der Waals surface area contributed by atoms with Crippen molar-refractivity contribution in [3.8, 4) is 0 Å². The highest BCUT2D eigenvalue weighted by Crippen LogP contribution is 2.35. The van der Waals surface area contributed by atoms with Gasteiger partial charge in [-0.3, -0.25) is 9.69 Å². The highest BCUT2D eigenvalue weighted by atomic mass is 32.2. The van der Waals surface area contributed by atoms with Gasteiger partial charge in [-0.1, -0.05) is 12.8 Å². The van der Waals surface area contributed by atoms with Crippen molar-refractivity contribution in [2.24, 2.45) is 11.1 Å². The Bertz CT molecular complexity index is 686. The summed E-state index contributed by atoms with van der Waals surface area (Å²) in [4.78, 5) is 14.7. The standard InChI is InChI=1S/C17H25N3O3S/c18-24(22,23)15-9-7-14(8-10-15)19-17(21)12-20-11-3-5-13-4-1-2-6-16(13)20/h7-10,13,16H,1-6,11-12H2,(H,19,21)(H2,18,22,23)/t13-,16-/m0/s1. The number of likely N-dealkylation sites (tertiary alicyclic amines) is 1. The lowest BCUT2D eigenvalue weighted by molar-refractivity contribution is -0.118. The molecule has 1 saturated heterocycles. The van der Waals surface area contributed by atoms with Crippen LogP contribution in [0, 0.1) is 5.92 Å². The summed E-state index contributed by atoms with van der Waals surface area (Å²) < 4.78 is 22.5. The van der Waals surface area contributed by atoms with Crippen molar-refractivity contribution in [1.29, 1.82) is 0 Å². The number of amides is 1. The number of sulfonamides is 1. The Balaban J connectivity index is 1.59. The van der Waals surface area contributed by atoms with Gasteiger partial charge in [0.05, 0.1) is 11.4 Å². The van der Waals surface area contributed by atoms with Crippen LogP contribution in [0.2, 0.25) is 0 Å². The SMILES string of the molecule is NS(=O)(=O)c1ccc(NC(=O)CN2CCC[C@@H]3CCCC[C@@H]32)cc1. The van der Waals surface area contributed by atoms with Crippen molar-refractivity contribution >= 4 is 21.6 Å². The van der Waals surface area contributed by atoms with E-state index in [1.807, 2.05) is 0 Å². The molecule has 1 aromatic carbocycles. The number of primary sulfonamides is 1. The fourth-order valence-electron chi connectivity index (χ4n) is 4.04. The molecule has 3 rings (SSSR count). The predicted octanol–water partition coefficient (Wildman–Crippen LogP) is 1.93. The van der Waals surface area contributed by atoms with Crippen LogP contribution in [0.25, 0.3) is 0 Å². The number of hydrogen-bond donors (Lipinski definition) is 2. The van der Waals surface area contributed by atoms with E-state index in [1.165, 1.54) is 44.2 Å². The van der Waals surface area contributed by atoms with E-state index in [9.17, 15) is 13.2 Å². The number of carbonyl (C=O) groups is 1. The van der Waals surface area contributed by atoms with Gasteiger partial charge in [-0.15, -0.1) is 0 Å². The number of hydrogen-bond acceptors (Lipinski definition) is 4. The zero-order valence-corrected chi connectivity index (χ0v) is 14.6. The summed E-state index contributed by atoms with van der Waals surface area (Å²) >= 11 is 0. The van der Waals surface area contributed by atoms with Gasteiger partial charge in [-0.05, 0) is 62.4 Å². The molecule has 1 aliphatic carbocycles. The zero-order valence-electron chi connectivity index (χ0n) is 13.8. The third kappa shape index (κ3) is 4.15. The molecule has 24 heavy (non-hydrogen) atoms. The molecular formula is C17H25N3O3S. The Labute approximate surface area is 143 Å². The van der Waals surface area contributed by atoms with Crippen LogP contribution in [0.1, 0.15) is 38.5 Å². The second-order valence-corrected chi connectivity index (χ2v) is 8.40. The Hall–Kier alpha value is -1.44. The van der Waals surface area contributed by atoms with E-state index < -0.39 is 10.0 Å². The van der Waals surface area contributed by atoms with Crippen molar-refractivity contribution in [3.63, 3.8) is 0 Å². The molecule has 1 aromatic rings. The molecule has 2 aliphatic rings. The van der Waals surface area contributed by atoms with Crippen molar-refractivity contribution in [1.82, 2.24) is 4.90 Å². The average molecular weight is 351 g/mol. The first-order chi connectivity index (χ1) is 11.4. The Morgan fingerprint density at radius 3 is 2.50 bits per heavy atom. The van der Waals surface area contributed by atoms with Crippen molar-refractivity contribution < 1.29 is 13.2 Å². The summed E-state index contributed by atoms with van der Waals surface area (Å²) in [6.45, 7) is 1.39. The first-order valence-electron chi connectivity index (χ1n) is 8.60. The van der Waals surface area contributed by atoms with Gasteiger partial charge in [0, 0.05) is 11.7 Å². The Kier molecular flexibility index (Phi) is 5.22. The van der Waals surface area contributed by atoms with Gasteiger partial charge in [0.2, 0.25) is 15.9 Å². The lowest BCUT2D eigenvalue weighted by atomic mass is 9.78. The second kappa shape index (κ2) is 7.21. The van der Waals surface area contributed by atoms with Crippen LogP contribution < -0.4 is 10.5 Å². The lowest BCUT2D eigenvalue weighted by Gasteiger charge is -2.43. The topological polar surface area (TPSA) is 92.5 Å². The number of anilines is 1. The zero-order chi connectivity index (χ0) is 17.2. The summed E-state index contributed by atoms with van der Waals surface area (Å²) in [5.74, 6) is 0.693. The molecule has 3 N–H and O–H groups in total. The highest BCUT2D eigenvalue weighted by molar-refractivity contribution is 7.89. The molecule has 2 atom stereocenters. The van der Waals surface area contributed by atoms with Gasteiger partial charge in [-0.25, -0.2) is 13.6 Å². The number of nitrogens with two attached hydrogens (primary N) is 1. The summed E-state index contributed by atoms with van der Waals surface area (Å²) in [7, 11) is -3.71. The molecule has 1 amide bonds. The van der Waals surface area contributed by atoms with Crippen LogP contribution in [0.15, 0.2) is 29.2 Å². The smallest absolute Gasteiger partial charge is 0.238 e. The maximum absolute atomic E-state index is 12.3. The first kappa shape index (κ1) is 17.4. The van der Waals surface area contributed by atoms with Crippen LogP contribution in [-0.4, -0.2) is 38.4 Å². The van der Waals surface area contributed by atoms with E-state index in [0.717, 1.165) is 18.9 Å². The first-order valence-corrected chi connectivity index (χ1v) is 10.1. The number of fused-ring (bicyclic) bond motifs is 1. The quantitative estimate of drug-likeness (QED) is 0.867. The van der Waals surface area contributed by atoms with Crippen LogP contribution in [0.3, 0.4) is 0 Å². The fraction of sp³-hybridized carbons (Fsp3) is 0.588. The van der Waals surface area contributed by atoms with Crippen molar-refractivity contribution in [2.45, 2.75) is 49.5 Å². The van der Waals surface area contributed by atoms with E-state index in [2.05, 4.69) is 10.2 Å². The van der Waals surface area contributed by atoms with Crippen LogP contribution >= 0.6 is 0 Å². The van der Waals surface area contributed by atoms with Crippen molar-refractivity contribution in [2.75, 3.05) is 18.4 Å². The molecule has 0 bridgehead atoms. The molecular weight excluding hydrogens is 326 g/mol. The monoisotopic (exact) mass is 351 g/mol. The van der Waals surface area contributed by atoms with Gasteiger partial charge in [0.1, 0.15) is 0 Å². The maximum atomic E-state index is 12.3. The maximum Gasteiger partial charge on any atom is 0.238 e. The van der Waals surface area contributed by atoms with E-state index in [1.54, 1.807) is 12.1 Å². The normalized spacial score (nSPS) is 25.0. The van der Waals surface area contributed by atoms with Crippen LogP contribution in [0.5, 0.6) is 0 Å². The number of piperidine rings is 1. The van der Waals surface area contributed by atoms with E-state index >= 15 is 0 Å². The summed E-state index contributed by atoms with van der Waals surface area (Å²) in [5, 5.41) is 7.92. The summed E-state index contributed by atoms with van der Waals surface area (Å²) in [6, 6.07) is 6.49. The van der Waals surface area contributed by atoms with Gasteiger partial charge in [-0.2, -0.15) is 0 Å². The summed E-state index contributed by atoms with van der Waals surface area (Å²) in [5.41, 5.74) is 0.588. The largest absolute Gasteiger partial charge is 0.325 e. The van der Waals surface area contributed by atoms with Gasteiger partial charge in [0.15, 0.2) is 0 Å². The van der Waals surface area contributed by atoms with E-state index in [4.69, 9.17) is 5.14 Å². The lowest BCUT2D eigenvalue weighted by Crippen LogP contribution is -2.49. The number of nitrogens with zero attached hydrogens (tertiary/aromatic N) is 1. The third-order valence-electron chi connectivity index (χ3n) is 5.17. The minimum Gasteiger partial charge on any atom is -0.325 e. The molecule has 0 aromatic heterocycles. The molecule has 2 fully saturated rings. The van der Waals surface area contributed by atoms with Gasteiger partial charge >= 0.3 is 0 Å². The van der Waals surface area contributed by atoms with Crippen LogP contribution in [-0.2, 0) is 14.8 Å². The molecule has 1 saturated carbocycles. The number of benzene rings is 1. The Morgan fingerprint density at radius 1 is 1.12 bits per heavy atom. The molecule has 6 nitrogen and oxygen atoms in total. The van der Waals surface area contributed by atoms with E-state index in [-0.39, 0.29) is 10.8 Å². The Morgan fingerprint density at radius 2 is 1.79 bits per heavy atom. The van der Waals surface area contributed by atoms with Gasteiger partial charge < -0.3 is 5.32 Å². The second-order valence-electron chi connectivity index (χ2n) is 6.84. The van der Waals surface area contributed by atoms with Gasteiger partial charge in [0.25, 0.3) is 0 Å². The minimum absolute atomic E-state index is 0.0431. The molecule has 0 unspecified atom stereocenters. The van der Waals surface area contributed by atoms with E-state index in [0.29, 0.717) is 18.3 Å². The molecule has 132 valence electrons. The van der Waals surface area contributed by atoms with Crippen LogP contribution in [0.4, 0.5) is 5.69 Å². The fourth-order valence-corrected chi connectivity index (χ4v) is 4.55. The summed E-state index contributed by atoms with van der Waals surface area (Å²) in [6.07, 6.45) is 7.51.